The van der Waals surface area contributed by atoms with Gasteiger partial charge in [0, 0.05) is 43.8 Å². The monoisotopic (exact) mass is 620 g/mol. The zero-order chi connectivity index (χ0) is 31.6. The number of nitrogens with one attached hydrogen (secondary N) is 2. The summed E-state index contributed by atoms with van der Waals surface area (Å²) in [6.07, 6.45) is 2.20. The number of hydrogen-bond donors (Lipinski definition) is 3. The molecule has 0 aliphatic carbocycles. The number of aryl methyl sites for hydroxylation is 1. The summed E-state index contributed by atoms with van der Waals surface area (Å²) >= 11 is 0. The van der Waals surface area contributed by atoms with Gasteiger partial charge in [-0.15, -0.1) is 0 Å². The maximum atomic E-state index is 13.8. The van der Waals surface area contributed by atoms with Crippen LogP contribution in [-0.4, -0.2) is 83.1 Å². The van der Waals surface area contributed by atoms with Gasteiger partial charge in [-0.1, -0.05) is 43.3 Å². The number of anilines is 2. The van der Waals surface area contributed by atoms with Gasteiger partial charge >= 0.3 is 6.03 Å². The van der Waals surface area contributed by atoms with E-state index in [1.807, 2.05) is 43.3 Å². The number of sulfonamides is 1. The quantitative estimate of drug-likeness (QED) is 0.272. The molecular weight excluding hydrogens is 584 g/mol. The van der Waals surface area contributed by atoms with Crippen molar-refractivity contribution in [3.05, 3.63) is 78.8 Å². The third-order valence-corrected chi connectivity index (χ3v) is 9.46. The lowest BCUT2D eigenvalue weighted by atomic mass is 9.99. The molecule has 0 bridgehead atoms. The van der Waals surface area contributed by atoms with E-state index >= 15 is 0 Å². The molecule has 3 N–H and O–H groups in total. The predicted molar refractivity (Wildman–Crippen MR) is 167 cm³/mol. The number of rotatable bonds is 8. The minimum atomic E-state index is -3.90. The van der Waals surface area contributed by atoms with Crippen LogP contribution in [0.5, 0.6) is 5.75 Å². The van der Waals surface area contributed by atoms with Crippen LogP contribution in [0, 0.1) is 5.92 Å². The molecule has 0 unspecified atom stereocenters. The van der Waals surface area contributed by atoms with Crippen molar-refractivity contribution in [1.29, 1.82) is 0 Å². The van der Waals surface area contributed by atoms with E-state index in [9.17, 15) is 23.1 Å². The van der Waals surface area contributed by atoms with E-state index in [-0.39, 0.29) is 47.9 Å². The zero-order valence-corrected chi connectivity index (χ0v) is 25.8. The molecule has 3 aromatic carbocycles. The van der Waals surface area contributed by atoms with Crippen LogP contribution in [0.3, 0.4) is 0 Å². The molecule has 0 fully saturated rings. The van der Waals surface area contributed by atoms with E-state index in [1.54, 1.807) is 41.6 Å². The van der Waals surface area contributed by atoms with Gasteiger partial charge in [0.25, 0.3) is 15.9 Å². The lowest BCUT2D eigenvalue weighted by Gasteiger charge is -2.38. The number of aromatic nitrogens is 2. The maximum absolute atomic E-state index is 13.8. The van der Waals surface area contributed by atoms with E-state index in [0.717, 1.165) is 10.8 Å². The first-order valence-electron chi connectivity index (χ1n) is 14.2. The van der Waals surface area contributed by atoms with Crippen molar-refractivity contribution in [2.24, 2.45) is 13.0 Å². The Bertz CT molecular complexity index is 1790. The SMILES string of the molecule is C[C@H](CO)N1C[C@H](C)[C@@H](CN(C)S(=O)(=O)c2cn(C)cn2)Oc2ccc(NC(=O)Nc3cccc4ccccc34)cc2C1=O. The van der Waals surface area contributed by atoms with Gasteiger partial charge in [0.2, 0.25) is 0 Å². The summed E-state index contributed by atoms with van der Waals surface area (Å²) in [5, 5.41) is 17.4. The molecule has 1 aliphatic heterocycles. The molecular formula is C31H36N6O6S. The van der Waals surface area contributed by atoms with Crippen molar-refractivity contribution in [2.75, 3.05) is 37.4 Å². The van der Waals surface area contributed by atoms with Crippen molar-refractivity contribution < 1.29 is 27.9 Å². The number of ether oxygens (including phenoxy) is 1. The zero-order valence-electron chi connectivity index (χ0n) is 25.0. The van der Waals surface area contributed by atoms with Crippen molar-refractivity contribution in [1.82, 2.24) is 18.8 Å². The van der Waals surface area contributed by atoms with Crippen LogP contribution >= 0.6 is 0 Å². The molecule has 0 saturated carbocycles. The number of hydrogen-bond acceptors (Lipinski definition) is 7. The lowest BCUT2D eigenvalue weighted by molar-refractivity contribution is 0.0387. The van der Waals surface area contributed by atoms with Crippen LogP contribution in [0.15, 0.2) is 78.2 Å². The summed E-state index contributed by atoms with van der Waals surface area (Å²) < 4.78 is 35.5. The van der Waals surface area contributed by atoms with Gasteiger partial charge in [-0.3, -0.25) is 4.79 Å². The van der Waals surface area contributed by atoms with Gasteiger partial charge in [0.05, 0.1) is 36.8 Å². The highest BCUT2D eigenvalue weighted by Gasteiger charge is 2.35. The van der Waals surface area contributed by atoms with Gasteiger partial charge in [0.1, 0.15) is 11.9 Å². The largest absolute Gasteiger partial charge is 0.488 e. The van der Waals surface area contributed by atoms with Crippen LogP contribution in [-0.2, 0) is 17.1 Å². The van der Waals surface area contributed by atoms with Crippen LogP contribution in [0.2, 0.25) is 0 Å². The van der Waals surface area contributed by atoms with Gasteiger partial charge in [0.15, 0.2) is 5.03 Å². The Morgan fingerprint density at radius 2 is 1.91 bits per heavy atom. The fraction of sp³-hybridized carbons (Fsp3) is 0.323. The average Bonchev–Trinajstić information content (AvgIpc) is 3.46. The maximum Gasteiger partial charge on any atom is 0.323 e. The number of aliphatic hydroxyl groups excluding tert-OH is 1. The molecule has 0 saturated heterocycles. The molecule has 12 nitrogen and oxygen atoms in total. The third-order valence-electron chi connectivity index (χ3n) is 7.75. The van der Waals surface area contributed by atoms with Crippen molar-refractivity contribution >= 4 is 44.1 Å². The minimum absolute atomic E-state index is 0.0114. The number of carbonyl (C=O) groups is 2. The summed E-state index contributed by atoms with van der Waals surface area (Å²) in [4.78, 5) is 32.3. The van der Waals surface area contributed by atoms with Gasteiger partial charge in [-0.25, -0.2) is 18.2 Å². The number of nitrogens with zero attached hydrogens (tertiary/aromatic N) is 4. The molecule has 13 heteroatoms. The fourth-order valence-corrected chi connectivity index (χ4v) is 6.31. The third kappa shape index (κ3) is 6.39. The van der Waals surface area contributed by atoms with Crippen molar-refractivity contribution in [2.45, 2.75) is 31.0 Å². The molecule has 232 valence electrons. The number of benzene rings is 3. The fourth-order valence-electron chi connectivity index (χ4n) is 5.17. The Morgan fingerprint density at radius 1 is 1.16 bits per heavy atom. The minimum Gasteiger partial charge on any atom is -0.488 e. The number of urea groups is 1. The van der Waals surface area contributed by atoms with Crippen molar-refractivity contribution in [3.63, 3.8) is 0 Å². The van der Waals surface area contributed by atoms with Crippen LogP contribution in [0.4, 0.5) is 16.2 Å². The highest BCUT2D eigenvalue weighted by atomic mass is 32.2. The summed E-state index contributed by atoms with van der Waals surface area (Å²) in [5.74, 6) is -0.434. The molecule has 44 heavy (non-hydrogen) atoms. The Morgan fingerprint density at radius 3 is 2.64 bits per heavy atom. The number of imidazole rings is 1. The molecule has 2 heterocycles. The second kappa shape index (κ2) is 12.6. The Balaban J connectivity index is 1.41. The first kappa shape index (κ1) is 31.0. The standard InChI is InChI=1S/C31H36N6O6S/c1-20-15-37(21(2)18-38)30(39)25-14-23(33-31(40)34-26-11-7-9-22-8-5-6-10-24(22)26)12-13-27(25)43-28(20)16-36(4)44(41,42)29-17-35(3)19-32-29/h5-14,17,19-21,28,38H,15-16,18H2,1-4H3,(H2,33,34,40)/t20-,21+,28+/m0/s1. The molecule has 3 atom stereocenters. The number of likely N-dealkylation sites (N-methyl/N-ethyl adjacent to an activating group) is 1. The topological polar surface area (TPSA) is 146 Å². The summed E-state index contributed by atoms with van der Waals surface area (Å²) in [6, 6.07) is 17.0. The Labute approximate surface area is 256 Å². The summed E-state index contributed by atoms with van der Waals surface area (Å²) in [5.41, 5.74) is 1.17. The van der Waals surface area contributed by atoms with Crippen molar-refractivity contribution in [3.8, 4) is 5.75 Å². The van der Waals surface area contributed by atoms with E-state index < -0.39 is 28.2 Å². The van der Waals surface area contributed by atoms with Crippen LogP contribution < -0.4 is 15.4 Å². The molecule has 0 spiro atoms. The van der Waals surface area contributed by atoms with Gasteiger partial charge in [-0.2, -0.15) is 4.31 Å². The predicted octanol–water partition coefficient (Wildman–Crippen LogP) is 3.76. The number of carbonyl (C=O) groups excluding carboxylic acids is 2. The highest BCUT2D eigenvalue weighted by Crippen LogP contribution is 2.31. The Hall–Kier alpha value is -4.46. The summed E-state index contributed by atoms with van der Waals surface area (Å²) in [7, 11) is -0.751. The van der Waals surface area contributed by atoms with E-state index in [0.29, 0.717) is 11.4 Å². The highest BCUT2D eigenvalue weighted by molar-refractivity contribution is 7.89. The molecule has 5 rings (SSSR count). The number of aliphatic hydroxyl groups is 1. The first-order chi connectivity index (χ1) is 21.0. The van der Waals surface area contributed by atoms with E-state index in [1.165, 1.54) is 29.9 Å². The average molecular weight is 621 g/mol. The van der Waals surface area contributed by atoms with Crippen LogP contribution in [0.1, 0.15) is 24.2 Å². The lowest BCUT2D eigenvalue weighted by Crippen LogP contribution is -2.50. The summed E-state index contributed by atoms with van der Waals surface area (Å²) in [6.45, 7) is 3.54. The number of amides is 3. The molecule has 0 radical (unpaired) electrons. The van der Waals surface area contributed by atoms with Gasteiger partial charge < -0.3 is 29.9 Å². The second-order valence-corrected chi connectivity index (χ2v) is 13.1. The van der Waals surface area contributed by atoms with E-state index in [4.69, 9.17) is 4.74 Å². The smallest absolute Gasteiger partial charge is 0.323 e. The number of fused-ring (bicyclic) bond motifs is 2. The normalized spacial score (nSPS) is 17.9. The molecule has 1 aliphatic rings. The van der Waals surface area contributed by atoms with Gasteiger partial charge in [-0.05, 0) is 36.6 Å². The molecule has 3 amide bonds. The second-order valence-electron chi connectivity index (χ2n) is 11.1. The first-order valence-corrected chi connectivity index (χ1v) is 15.6. The molecule has 4 aromatic rings. The molecule has 1 aromatic heterocycles. The Kier molecular flexibility index (Phi) is 8.90. The van der Waals surface area contributed by atoms with E-state index in [2.05, 4.69) is 15.6 Å². The van der Waals surface area contributed by atoms with Crippen LogP contribution in [0.25, 0.3) is 10.8 Å².